The van der Waals surface area contributed by atoms with E-state index in [1.807, 2.05) is 48.5 Å². The van der Waals surface area contributed by atoms with E-state index < -0.39 is 0 Å². The maximum Gasteiger partial charge on any atom is 0.269 e. The van der Waals surface area contributed by atoms with Crippen LogP contribution in [0, 0.1) is 0 Å². The van der Waals surface area contributed by atoms with E-state index >= 15 is 0 Å². The molecule has 116 valence electrons. The van der Waals surface area contributed by atoms with E-state index in [4.69, 9.17) is 0 Å². The Labute approximate surface area is 137 Å². The first kappa shape index (κ1) is 14.0. The Kier molecular flexibility index (Phi) is 3.65. The van der Waals surface area contributed by atoms with Crippen molar-refractivity contribution >= 4 is 28.6 Å². The summed E-state index contributed by atoms with van der Waals surface area (Å²) >= 11 is 0. The van der Waals surface area contributed by atoms with Crippen LogP contribution in [-0.4, -0.2) is 31.5 Å². The summed E-state index contributed by atoms with van der Waals surface area (Å²) in [5, 5.41) is 21.2. The van der Waals surface area contributed by atoms with Gasteiger partial charge in [-0.25, -0.2) is 0 Å². The minimum absolute atomic E-state index is 0.429. The molecule has 0 aliphatic heterocycles. The van der Waals surface area contributed by atoms with Gasteiger partial charge in [-0.3, -0.25) is 4.98 Å². The molecule has 0 aliphatic carbocycles. The van der Waals surface area contributed by atoms with Crippen molar-refractivity contribution in [3.63, 3.8) is 0 Å². The van der Waals surface area contributed by atoms with Crippen LogP contribution in [0.1, 0.15) is 5.69 Å². The maximum atomic E-state index is 4.24. The smallest absolute Gasteiger partial charge is 0.269 e. The van der Waals surface area contributed by atoms with E-state index in [0.29, 0.717) is 5.95 Å². The summed E-state index contributed by atoms with van der Waals surface area (Å²) in [4.78, 5) is 5.51. The van der Waals surface area contributed by atoms with E-state index in [1.165, 1.54) is 4.79 Å². The molecule has 7 nitrogen and oxygen atoms in total. The third-order valence-electron chi connectivity index (χ3n) is 3.48. The van der Waals surface area contributed by atoms with Crippen molar-refractivity contribution in [2.45, 2.75) is 0 Å². The van der Waals surface area contributed by atoms with Gasteiger partial charge in [0.2, 0.25) is 0 Å². The number of pyridine rings is 1. The predicted molar refractivity (Wildman–Crippen MR) is 92.3 cm³/mol. The fourth-order valence-electron chi connectivity index (χ4n) is 2.36. The lowest BCUT2D eigenvalue weighted by molar-refractivity contribution is 0.698. The Morgan fingerprint density at radius 1 is 0.958 bits per heavy atom. The van der Waals surface area contributed by atoms with Crippen molar-refractivity contribution in [2.24, 2.45) is 5.10 Å². The van der Waals surface area contributed by atoms with Gasteiger partial charge in [0.05, 0.1) is 11.9 Å². The average Bonchev–Trinajstić information content (AvgIpc) is 3.08. The molecule has 0 saturated carbocycles. The Morgan fingerprint density at radius 2 is 1.83 bits per heavy atom. The van der Waals surface area contributed by atoms with Crippen LogP contribution >= 0.6 is 0 Å². The van der Waals surface area contributed by atoms with Gasteiger partial charge in [-0.1, -0.05) is 52.4 Å². The highest BCUT2D eigenvalue weighted by Crippen LogP contribution is 2.25. The fraction of sp³-hybridized carbons (Fsp3) is 0. The monoisotopic (exact) mass is 315 g/mol. The highest BCUT2D eigenvalue weighted by atomic mass is 15.7. The molecule has 24 heavy (non-hydrogen) atoms. The third kappa shape index (κ3) is 2.82. The summed E-state index contributed by atoms with van der Waals surface area (Å²) in [6.45, 7) is 0. The maximum absolute atomic E-state index is 4.24. The number of nitrogens with zero attached hydrogens (tertiary/aromatic N) is 6. The number of nitrogens with one attached hydrogen (secondary N) is 1. The SMILES string of the molecule is C(=Nn1nnnc1Nc1cccc2ccccc12)c1ccccn1. The zero-order valence-electron chi connectivity index (χ0n) is 12.6. The van der Waals surface area contributed by atoms with Crippen molar-refractivity contribution in [1.29, 1.82) is 0 Å². The molecule has 4 rings (SSSR count). The molecule has 2 aromatic heterocycles. The lowest BCUT2D eigenvalue weighted by Gasteiger charge is -2.07. The summed E-state index contributed by atoms with van der Waals surface area (Å²) in [6, 6.07) is 19.7. The van der Waals surface area contributed by atoms with Crippen molar-refractivity contribution in [3.05, 3.63) is 72.6 Å². The van der Waals surface area contributed by atoms with Crippen LogP contribution in [0.2, 0.25) is 0 Å². The van der Waals surface area contributed by atoms with Crippen molar-refractivity contribution < 1.29 is 0 Å². The molecule has 0 bridgehead atoms. The van der Waals surface area contributed by atoms with Crippen molar-refractivity contribution in [2.75, 3.05) is 5.32 Å². The molecule has 0 spiro atoms. The Balaban J connectivity index is 1.64. The summed E-state index contributed by atoms with van der Waals surface area (Å²) in [6.07, 6.45) is 3.31. The molecule has 0 radical (unpaired) electrons. The van der Waals surface area contributed by atoms with E-state index in [1.54, 1.807) is 12.4 Å². The minimum Gasteiger partial charge on any atom is -0.321 e. The van der Waals surface area contributed by atoms with Gasteiger partial charge in [0.1, 0.15) is 0 Å². The molecule has 0 amide bonds. The van der Waals surface area contributed by atoms with Gasteiger partial charge in [0.15, 0.2) is 0 Å². The summed E-state index contributed by atoms with van der Waals surface area (Å²) < 4.78 is 0. The Bertz CT molecular complexity index is 987. The Morgan fingerprint density at radius 3 is 2.75 bits per heavy atom. The molecule has 7 heteroatoms. The van der Waals surface area contributed by atoms with Crippen LogP contribution in [0.25, 0.3) is 10.8 Å². The first-order valence-corrected chi connectivity index (χ1v) is 7.39. The summed E-state index contributed by atoms with van der Waals surface area (Å²) in [5.74, 6) is 0.429. The molecule has 0 unspecified atom stereocenters. The molecule has 4 aromatic rings. The molecule has 0 fully saturated rings. The first-order chi connectivity index (χ1) is 11.9. The van der Waals surface area contributed by atoms with E-state index in [0.717, 1.165) is 22.2 Å². The average molecular weight is 315 g/mol. The number of tetrazole rings is 1. The lowest BCUT2D eigenvalue weighted by Crippen LogP contribution is -2.02. The fourth-order valence-corrected chi connectivity index (χ4v) is 2.36. The summed E-state index contributed by atoms with van der Waals surface area (Å²) in [5.41, 5.74) is 1.64. The van der Waals surface area contributed by atoms with E-state index in [9.17, 15) is 0 Å². The van der Waals surface area contributed by atoms with Gasteiger partial charge in [-0.05, 0) is 34.0 Å². The Hall–Kier alpha value is -3.61. The van der Waals surface area contributed by atoms with Crippen LogP contribution in [-0.2, 0) is 0 Å². The van der Waals surface area contributed by atoms with Crippen LogP contribution in [0.3, 0.4) is 0 Å². The molecular formula is C17H13N7. The normalized spacial score (nSPS) is 11.2. The van der Waals surface area contributed by atoms with Gasteiger partial charge < -0.3 is 5.32 Å². The molecule has 2 heterocycles. The van der Waals surface area contributed by atoms with E-state index in [2.05, 4.69) is 43.1 Å². The van der Waals surface area contributed by atoms with Gasteiger partial charge >= 0.3 is 0 Å². The van der Waals surface area contributed by atoms with Crippen molar-refractivity contribution in [3.8, 4) is 0 Å². The second-order valence-electron chi connectivity index (χ2n) is 5.04. The zero-order chi connectivity index (χ0) is 16.2. The number of fused-ring (bicyclic) bond motifs is 1. The highest BCUT2D eigenvalue weighted by molar-refractivity contribution is 5.94. The zero-order valence-corrected chi connectivity index (χ0v) is 12.6. The second kappa shape index (κ2) is 6.25. The minimum atomic E-state index is 0.429. The highest BCUT2D eigenvalue weighted by Gasteiger charge is 2.07. The van der Waals surface area contributed by atoms with Crippen LogP contribution < -0.4 is 5.32 Å². The molecule has 1 N–H and O–H groups in total. The first-order valence-electron chi connectivity index (χ1n) is 7.39. The summed E-state index contributed by atoms with van der Waals surface area (Å²) in [7, 11) is 0. The van der Waals surface area contributed by atoms with Gasteiger partial charge in [0.25, 0.3) is 5.95 Å². The third-order valence-corrected chi connectivity index (χ3v) is 3.48. The molecule has 0 aliphatic rings. The van der Waals surface area contributed by atoms with Crippen LogP contribution in [0.4, 0.5) is 11.6 Å². The largest absolute Gasteiger partial charge is 0.321 e. The van der Waals surface area contributed by atoms with Gasteiger partial charge in [0, 0.05) is 17.3 Å². The lowest BCUT2D eigenvalue weighted by atomic mass is 10.1. The number of anilines is 2. The molecular weight excluding hydrogens is 302 g/mol. The number of benzene rings is 2. The van der Waals surface area contributed by atoms with E-state index in [-0.39, 0.29) is 0 Å². The number of rotatable bonds is 4. The predicted octanol–water partition coefficient (Wildman–Crippen LogP) is 2.85. The van der Waals surface area contributed by atoms with Crippen LogP contribution in [0.5, 0.6) is 0 Å². The topological polar surface area (TPSA) is 80.9 Å². The molecule has 0 saturated heterocycles. The molecule has 0 atom stereocenters. The standard InChI is InChI=1S/C17H13N7/c1-2-9-15-13(6-1)7-5-10-16(15)20-17-21-22-23-24(17)19-12-14-8-3-4-11-18-14/h1-12H,(H,20,21,23). The van der Waals surface area contributed by atoms with Crippen LogP contribution in [0.15, 0.2) is 72.0 Å². The van der Waals surface area contributed by atoms with Crippen molar-refractivity contribution in [1.82, 2.24) is 25.3 Å². The second-order valence-corrected chi connectivity index (χ2v) is 5.04. The quantitative estimate of drug-likeness (QED) is 0.586. The van der Waals surface area contributed by atoms with Gasteiger partial charge in [-0.15, -0.1) is 0 Å². The number of aromatic nitrogens is 5. The van der Waals surface area contributed by atoms with Gasteiger partial charge in [-0.2, -0.15) is 5.10 Å². The molecule has 2 aromatic carbocycles. The number of hydrogen-bond acceptors (Lipinski definition) is 6. The number of hydrogen-bond donors (Lipinski definition) is 1.